The number of Topliss-reactive ketones (excluding diaryl/α,β-unsaturated/α-hetero) is 1. The molecule has 0 saturated heterocycles. The van der Waals surface area contributed by atoms with Crippen molar-refractivity contribution in [2.24, 2.45) is 10.9 Å². The van der Waals surface area contributed by atoms with E-state index in [1.54, 1.807) is 20.3 Å². The number of allylic oxidation sites excluding steroid dienone is 2. The first-order valence-corrected chi connectivity index (χ1v) is 12.2. The maximum atomic E-state index is 13.7. The maximum Gasteiger partial charge on any atom is 0.315 e. The van der Waals surface area contributed by atoms with Gasteiger partial charge in [-0.1, -0.05) is 42.8 Å². The Bertz CT molecular complexity index is 1200. The fraction of sp³-hybridized carbons (Fsp3) is 0.393. The van der Waals surface area contributed by atoms with Gasteiger partial charge in [0.2, 0.25) is 0 Å². The van der Waals surface area contributed by atoms with Crippen LogP contribution in [-0.4, -0.2) is 38.3 Å². The van der Waals surface area contributed by atoms with Crippen LogP contribution in [0.5, 0.6) is 11.5 Å². The number of methoxy groups -OCH3 is 2. The summed E-state index contributed by atoms with van der Waals surface area (Å²) in [5.74, 6) is -0.431. The Labute approximate surface area is 210 Å². The van der Waals surface area contributed by atoms with E-state index in [4.69, 9.17) is 30.8 Å². The van der Waals surface area contributed by atoms with Gasteiger partial charge in [0.1, 0.15) is 5.92 Å². The largest absolute Gasteiger partial charge is 0.493 e. The van der Waals surface area contributed by atoms with Crippen LogP contribution >= 0.6 is 11.6 Å². The average molecular weight is 496 g/mol. The van der Waals surface area contributed by atoms with E-state index >= 15 is 0 Å². The lowest BCUT2D eigenvalue weighted by atomic mass is 9.69. The molecule has 1 aliphatic heterocycles. The number of esters is 1. The summed E-state index contributed by atoms with van der Waals surface area (Å²) < 4.78 is 16.3. The summed E-state index contributed by atoms with van der Waals surface area (Å²) in [6.07, 6.45) is 1.59. The van der Waals surface area contributed by atoms with E-state index < -0.39 is 11.8 Å². The summed E-state index contributed by atoms with van der Waals surface area (Å²) >= 11 is 6.59. The molecule has 0 aromatic heterocycles. The molecule has 1 heterocycles. The highest BCUT2D eigenvalue weighted by Crippen LogP contribution is 2.48. The van der Waals surface area contributed by atoms with E-state index in [0.29, 0.717) is 59.4 Å². The molecular weight excluding hydrogens is 466 g/mol. The fourth-order valence-electron chi connectivity index (χ4n) is 5.06. The van der Waals surface area contributed by atoms with E-state index in [1.165, 1.54) is 0 Å². The second-order valence-corrected chi connectivity index (χ2v) is 9.31. The van der Waals surface area contributed by atoms with Crippen molar-refractivity contribution >= 4 is 29.1 Å². The normalized spacial score (nSPS) is 21.8. The van der Waals surface area contributed by atoms with Gasteiger partial charge in [0.25, 0.3) is 0 Å². The number of halogens is 1. The Morgan fingerprint density at radius 1 is 1.09 bits per heavy atom. The zero-order valence-electron chi connectivity index (χ0n) is 20.5. The van der Waals surface area contributed by atoms with Crippen LogP contribution in [0.1, 0.15) is 56.1 Å². The fourth-order valence-corrected chi connectivity index (χ4v) is 5.32. The standard InChI is InChI=1S/C28H30ClNO5/c1-5-12-35-28(32)25-16(2)30-21-13-18(17-10-11-23(33-3)24(15-17)34-4)14-22(31)27(21)26(25)19-8-6-7-9-20(19)29/h6-11,15,18,25-26H,5,12-14H2,1-4H3/t18-,25?,26-/m0/s1. The minimum Gasteiger partial charge on any atom is -0.493 e. The average Bonchev–Trinajstić information content (AvgIpc) is 2.86. The highest BCUT2D eigenvalue weighted by molar-refractivity contribution is 6.31. The Hall–Kier alpha value is -3.12. The molecule has 35 heavy (non-hydrogen) atoms. The van der Waals surface area contributed by atoms with E-state index in [1.807, 2.05) is 50.2 Å². The summed E-state index contributed by atoms with van der Waals surface area (Å²) in [5.41, 5.74) is 3.64. The van der Waals surface area contributed by atoms with Gasteiger partial charge >= 0.3 is 5.97 Å². The van der Waals surface area contributed by atoms with Crippen molar-refractivity contribution < 1.29 is 23.8 Å². The van der Waals surface area contributed by atoms with E-state index in [-0.39, 0.29) is 17.7 Å². The van der Waals surface area contributed by atoms with Gasteiger partial charge in [-0.05, 0) is 55.0 Å². The first kappa shape index (κ1) is 25.0. The summed E-state index contributed by atoms with van der Waals surface area (Å²) in [5, 5.41) is 0.516. The zero-order chi connectivity index (χ0) is 25.1. The van der Waals surface area contributed by atoms with Crippen LogP contribution in [0.3, 0.4) is 0 Å². The first-order chi connectivity index (χ1) is 16.9. The Kier molecular flexibility index (Phi) is 7.60. The van der Waals surface area contributed by atoms with E-state index in [2.05, 4.69) is 0 Å². The molecule has 7 heteroatoms. The predicted molar refractivity (Wildman–Crippen MR) is 136 cm³/mol. The zero-order valence-corrected chi connectivity index (χ0v) is 21.2. The number of ether oxygens (including phenoxy) is 3. The Morgan fingerprint density at radius 2 is 1.83 bits per heavy atom. The van der Waals surface area contributed by atoms with Gasteiger partial charge in [0.05, 0.1) is 20.8 Å². The summed E-state index contributed by atoms with van der Waals surface area (Å²) in [4.78, 5) is 31.6. The van der Waals surface area contributed by atoms with Gasteiger partial charge < -0.3 is 14.2 Å². The van der Waals surface area contributed by atoms with Crippen LogP contribution in [-0.2, 0) is 14.3 Å². The van der Waals surface area contributed by atoms with Crippen LogP contribution < -0.4 is 9.47 Å². The topological polar surface area (TPSA) is 74.2 Å². The second kappa shape index (κ2) is 10.6. The minimum absolute atomic E-state index is 0.0273. The summed E-state index contributed by atoms with van der Waals surface area (Å²) in [6, 6.07) is 13.1. The number of rotatable bonds is 7. The second-order valence-electron chi connectivity index (χ2n) is 8.90. The van der Waals surface area contributed by atoms with Crippen LogP contribution in [0, 0.1) is 5.92 Å². The van der Waals surface area contributed by atoms with Gasteiger partial charge in [-0.3, -0.25) is 14.6 Å². The number of nitrogens with zero attached hydrogens (tertiary/aromatic N) is 1. The van der Waals surface area contributed by atoms with Gasteiger partial charge in [0, 0.05) is 34.3 Å². The third-order valence-electron chi connectivity index (χ3n) is 6.71. The summed E-state index contributed by atoms with van der Waals surface area (Å²) in [6.45, 7) is 4.09. The molecule has 0 spiro atoms. The van der Waals surface area contributed by atoms with Gasteiger partial charge in [-0.2, -0.15) is 0 Å². The number of hydrogen-bond acceptors (Lipinski definition) is 6. The smallest absolute Gasteiger partial charge is 0.315 e. The van der Waals surface area contributed by atoms with Crippen molar-refractivity contribution in [1.29, 1.82) is 0 Å². The van der Waals surface area contributed by atoms with Crippen molar-refractivity contribution in [2.45, 2.75) is 44.9 Å². The molecule has 2 aromatic carbocycles. The lowest BCUT2D eigenvalue weighted by Gasteiger charge is -2.36. The molecular formula is C28H30ClNO5. The lowest BCUT2D eigenvalue weighted by molar-refractivity contribution is -0.146. The molecule has 3 atom stereocenters. The van der Waals surface area contributed by atoms with Crippen molar-refractivity contribution in [3.63, 3.8) is 0 Å². The first-order valence-electron chi connectivity index (χ1n) is 11.8. The number of aliphatic imine (C=N–C) groups is 1. The molecule has 0 fully saturated rings. The highest BCUT2D eigenvalue weighted by Gasteiger charge is 2.45. The third-order valence-corrected chi connectivity index (χ3v) is 7.05. The summed E-state index contributed by atoms with van der Waals surface area (Å²) in [7, 11) is 3.18. The molecule has 6 nitrogen and oxygen atoms in total. The molecule has 2 aliphatic rings. The maximum absolute atomic E-state index is 13.7. The van der Waals surface area contributed by atoms with Gasteiger partial charge in [-0.25, -0.2) is 0 Å². The van der Waals surface area contributed by atoms with Gasteiger partial charge in [0.15, 0.2) is 17.3 Å². The molecule has 2 aromatic rings. The SMILES string of the molecule is CCCOC(=O)C1C(C)=NC2=C(C(=O)C[C@@H](c3ccc(OC)c(OC)c3)C2)[C@H]1c1ccccc1Cl. The quantitative estimate of drug-likeness (QED) is 0.448. The molecule has 0 N–H and O–H groups in total. The van der Waals surface area contributed by atoms with Crippen molar-refractivity contribution in [1.82, 2.24) is 0 Å². The third kappa shape index (κ3) is 4.85. The molecule has 1 aliphatic carbocycles. The van der Waals surface area contributed by atoms with Crippen LogP contribution in [0.25, 0.3) is 0 Å². The number of carbonyl (C=O) groups excluding carboxylic acids is 2. The number of benzene rings is 2. The van der Waals surface area contributed by atoms with Crippen LogP contribution in [0.4, 0.5) is 0 Å². The number of hydrogen-bond donors (Lipinski definition) is 0. The molecule has 0 radical (unpaired) electrons. The molecule has 0 bridgehead atoms. The molecule has 4 rings (SSSR count). The van der Waals surface area contributed by atoms with Gasteiger partial charge in [-0.15, -0.1) is 0 Å². The van der Waals surface area contributed by atoms with Crippen LogP contribution in [0.15, 0.2) is 58.7 Å². The van der Waals surface area contributed by atoms with Crippen molar-refractivity contribution in [3.8, 4) is 11.5 Å². The lowest BCUT2D eigenvalue weighted by Crippen LogP contribution is -2.38. The highest BCUT2D eigenvalue weighted by atomic mass is 35.5. The van der Waals surface area contributed by atoms with Crippen molar-refractivity contribution in [3.05, 3.63) is 69.9 Å². The Morgan fingerprint density at radius 3 is 2.51 bits per heavy atom. The Balaban J connectivity index is 1.77. The molecule has 1 unspecified atom stereocenters. The van der Waals surface area contributed by atoms with E-state index in [0.717, 1.165) is 11.1 Å². The van der Waals surface area contributed by atoms with Crippen LogP contribution in [0.2, 0.25) is 5.02 Å². The number of carbonyl (C=O) groups is 2. The van der Waals surface area contributed by atoms with E-state index in [9.17, 15) is 9.59 Å². The van der Waals surface area contributed by atoms with Crippen molar-refractivity contribution in [2.75, 3.05) is 20.8 Å². The molecule has 0 amide bonds. The number of ketones is 1. The minimum atomic E-state index is -0.693. The molecule has 0 saturated carbocycles. The predicted octanol–water partition coefficient (Wildman–Crippen LogP) is 5.89. The monoisotopic (exact) mass is 495 g/mol. The molecule has 184 valence electrons.